The molecule has 3 heterocycles. The third-order valence-electron chi connectivity index (χ3n) is 4.57. The lowest BCUT2D eigenvalue weighted by atomic mass is 10.2. The molecule has 0 atom stereocenters. The van der Waals surface area contributed by atoms with Crippen molar-refractivity contribution in [3.8, 4) is 5.88 Å². The van der Waals surface area contributed by atoms with Crippen molar-refractivity contribution in [2.45, 2.75) is 39.2 Å². The Kier molecular flexibility index (Phi) is 8.45. The molecule has 33 heavy (non-hydrogen) atoms. The molecule has 3 aromatic heterocycles. The van der Waals surface area contributed by atoms with Gasteiger partial charge in [0.1, 0.15) is 6.61 Å². The predicted octanol–water partition coefficient (Wildman–Crippen LogP) is 4.08. The van der Waals surface area contributed by atoms with Crippen molar-refractivity contribution in [1.82, 2.24) is 24.7 Å². The number of hydrogen-bond acceptors (Lipinski definition) is 7. The zero-order chi connectivity index (χ0) is 23.8. The number of pyridine rings is 2. The Labute approximate surface area is 194 Å². The van der Waals surface area contributed by atoms with E-state index < -0.39 is 12.8 Å². The largest absolute Gasteiger partial charge is 0.468 e. The maximum atomic E-state index is 12.3. The molecule has 0 aliphatic rings. The maximum absolute atomic E-state index is 12.3. The lowest BCUT2D eigenvalue weighted by Crippen LogP contribution is -2.23. The highest BCUT2D eigenvalue weighted by Crippen LogP contribution is 2.19. The summed E-state index contributed by atoms with van der Waals surface area (Å²) in [7, 11) is 1.88. The van der Waals surface area contributed by atoms with E-state index in [1.54, 1.807) is 24.4 Å². The lowest BCUT2D eigenvalue weighted by Gasteiger charge is -2.19. The molecule has 0 saturated heterocycles. The normalized spacial score (nSPS) is 11.6. The minimum Gasteiger partial charge on any atom is -0.468 e. The van der Waals surface area contributed by atoms with Crippen LogP contribution in [0.1, 0.15) is 24.0 Å². The van der Waals surface area contributed by atoms with Gasteiger partial charge in [0.05, 0.1) is 12.2 Å². The van der Waals surface area contributed by atoms with Crippen LogP contribution in [0.25, 0.3) is 0 Å². The van der Waals surface area contributed by atoms with Crippen molar-refractivity contribution < 1.29 is 22.6 Å². The molecule has 0 radical (unpaired) electrons. The molecule has 0 aliphatic heterocycles. The van der Waals surface area contributed by atoms with Crippen LogP contribution >= 0.6 is 11.6 Å². The second-order valence-electron chi connectivity index (χ2n) is 7.18. The van der Waals surface area contributed by atoms with Gasteiger partial charge in [-0.15, -0.1) is 10.2 Å². The van der Waals surface area contributed by atoms with Crippen LogP contribution < -0.4 is 9.64 Å². The summed E-state index contributed by atoms with van der Waals surface area (Å²) >= 11 is 6.06. The highest BCUT2D eigenvalue weighted by atomic mass is 35.5. The number of anilines is 1. The number of rotatable bonds is 11. The van der Waals surface area contributed by atoms with E-state index in [0.717, 1.165) is 11.3 Å². The molecule has 178 valence electrons. The summed E-state index contributed by atoms with van der Waals surface area (Å²) in [6, 6.07) is 6.60. The standard InChI is InChI=1S/C21H24ClF3N6O2/c1-3-32-13-18-28-29-20(30(2)12-17-10-16(22)6-8-26-17)31(18)9-7-15-4-5-19(27-11-15)33-14-21(23,24)25/h4-6,8,10-11H,3,7,9,12-14H2,1-2H3. The molecule has 0 bridgehead atoms. The van der Waals surface area contributed by atoms with Gasteiger partial charge in [-0.3, -0.25) is 9.55 Å². The average Bonchev–Trinajstić information content (AvgIpc) is 3.18. The molecule has 3 rings (SSSR count). The Balaban J connectivity index is 1.70. The number of aromatic nitrogens is 5. The van der Waals surface area contributed by atoms with Crippen molar-refractivity contribution in [2.75, 3.05) is 25.2 Å². The smallest absolute Gasteiger partial charge is 0.422 e. The quantitative estimate of drug-likeness (QED) is 0.406. The third kappa shape index (κ3) is 7.57. The summed E-state index contributed by atoms with van der Waals surface area (Å²) in [5.41, 5.74) is 1.61. The first-order valence-electron chi connectivity index (χ1n) is 10.2. The molecule has 0 N–H and O–H groups in total. The monoisotopic (exact) mass is 484 g/mol. The molecule has 0 saturated carbocycles. The third-order valence-corrected chi connectivity index (χ3v) is 4.80. The van der Waals surface area contributed by atoms with Crippen LogP contribution in [0.4, 0.5) is 19.1 Å². The summed E-state index contributed by atoms with van der Waals surface area (Å²) < 4.78 is 49.0. The first-order chi connectivity index (χ1) is 15.7. The predicted molar refractivity (Wildman–Crippen MR) is 116 cm³/mol. The Morgan fingerprint density at radius 1 is 1.15 bits per heavy atom. The van der Waals surface area contributed by atoms with E-state index >= 15 is 0 Å². The topological polar surface area (TPSA) is 78.2 Å². The Morgan fingerprint density at radius 3 is 2.64 bits per heavy atom. The van der Waals surface area contributed by atoms with Gasteiger partial charge < -0.3 is 14.4 Å². The summed E-state index contributed by atoms with van der Waals surface area (Å²) in [5, 5.41) is 9.18. The van der Waals surface area contributed by atoms with Crippen molar-refractivity contribution in [2.24, 2.45) is 0 Å². The first-order valence-corrected chi connectivity index (χ1v) is 10.6. The van der Waals surface area contributed by atoms with E-state index in [9.17, 15) is 13.2 Å². The SMILES string of the molecule is CCOCc1nnc(N(C)Cc2cc(Cl)ccn2)n1CCc1ccc(OCC(F)(F)F)nc1. The zero-order valence-corrected chi connectivity index (χ0v) is 19.0. The van der Waals surface area contributed by atoms with E-state index in [1.807, 2.05) is 23.4 Å². The highest BCUT2D eigenvalue weighted by Gasteiger charge is 2.28. The van der Waals surface area contributed by atoms with Crippen LogP contribution in [-0.4, -0.2) is 51.2 Å². The minimum absolute atomic E-state index is 0.0770. The molecule has 8 nitrogen and oxygen atoms in total. The van der Waals surface area contributed by atoms with Gasteiger partial charge in [-0.1, -0.05) is 17.7 Å². The molecule has 3 aromatic rings. The van der Waals surface area contributed by atoms with E-state index in [2.05, 4.69) is 24.9 Å². The van der Waals surface area contributed by atoms with Crippen LogP contribution in [-0.2, 0) is 30.9 Å². The molecular formula is C21H24ClF3N6O2. The van der Waals surface area contributed by atoms with Crippen LogP contribution in [0.15, 0.2) is 36.7 Å². The van der Waals surface area contributed by atoms with E-state index in [1.165, 1.54) is 12.3 Å². The summed E-state index contributed by atoms with van der Waals surface area (Å²) in [6.45, 7) is 2.34. The van der Waals surface area contributed by atoms with Crippen LogP contribution in [0.2, 0.25) is 5.02 Å². The molecule has 0 amide bonds. The van der Waals surface area contributed by atoms with Gasteiger partial charge in [0.2, 0.25) is 11.8 Å². The summed E-state index contributed by atoms with van der Waals surface area (Å²) in [5.74, 6) is 1.22. The van der Waals surface area contributed by atoms with E-state index in [-0.39, 0.29) is 5.88 Å². The fourth-order valence-electron chi connectivity index (χ4n) is 3.03. The minimum atomic E-state index is -4.41. The zero-order valence-electron chi connectivity index (χ0n) is 18.2. The summed E-state index contributed by atoms with van der Waals surface area (Å²) in [4.78, 5) is 10.2. The molecule has 0 spiro atoms. The van der Waals surface area contributed by atoms with Crippen molar-refractivity contribution in [3.63, 3.8) is 0 Å². The molecule has 0 aliphatic carbocycles. The first kappa shape index (κ1) is 24.7. The van der Waals surface area contributed by atoms with Crippen molar-refractivity contribution in [3.05, 3.63) is 58.8 Å². The molecule has 0 aromatic carbocycles. The van der Waals surface area contributed by atoms with Crippen LogP contribution in [0.3, 0.4) is 0 Å². The van der Waals surface area contributed by atoms with Gasteiger partial charge in [-0.25, -0.2) is 4.98 Å². The van der Waals surface area contributed by atoms with Crippen molar-refractivity contribution in [1.29, 1.82) is 0 Å². The van der Waals surface area contributed by atoms with E-state index in [0.29, 0.717) is 49.5 Å². The van der Waals surface area contributed by atoms with Gasteiger partial charge >= 0.3 is 6.18 Å². The number of halogens is 4. The molecular weight excluding hydrogens is 461 g/mol. The second kappa shape index (κ2) is 11.3. The Hall–Kier alpha value is -2.92. The van der Waals surface area contributed by atoms with Gasteiger partial charge in [0, 0.05) is 43.7 Å². The maximum Gasteiger partial charge on any atom is 0.422 e. The fraction of sp³-hybridized carbons (Fsp3) is 0.429. The second-order valence-corrected chi connectivity index (χ2v) is 7.62. The lowest BCUT2D eigenvalue weighted by molar-refractivity contribution is -0.154. The Morgan fingerprint density at radius 2 is 1.97 bits per heavy atom. The van der Waals surface area contributed by atoms with E-state index in [4.69, 9.17) is 16.3 Å². The van der Waals surface area contributed by atoms with Gasteiger partial charge in [0.25, 0.3) is 0 Å². The van der Waals surface area contributed by atoms with Gasteiger partial charge in [0.15, 0.2) is 12.4 Å². The number of aryl methyl sites for hydroxylation is 1. The van der Waals surface area contributed by atoms with Crippen molar-refractivity contribution >= 4 is 17.5 Å². The number of hydrogen-bond donors (Lipinski definition) is 0. The van der Waals surface area contributed by atoms with Crippen LogP contribution in [0.5, 0.6) is 5.88 Å². The fourth-order valence-corrected chi connectivity index (χ4v) is 3.21. The molecule has 0 unspecified atom stereocenters. The number of alkyl halides is 3. The average molecular weight is 485 g/mol. The molecule has 12 heteroatoms. The highest BCUT2D eigenvalue weighted by molar-refractivity contribution is 6.30. The van der Waals surface area contributed by atoms with Gasteiger partial charge in [-0.05, 0) is 31.0 Å². The van der Waals surface area contributed by atoms with Crippen LogP contribution in [0, 0.1) is 0 Å². The number of nitrogens with zero attached hydrogens (tertiary/aromatic N) is 6. The Bertz CT molecular complexity index is 1030. The number of ether oxygens (including phenoxy) is 2. The summed E-state index contributed by atoms with van der Waals surface area (Å²) in [6.07, 6.45) is -0.710. The molecule has 0 fully saturated rings. The van der Waals surface area contributed by atoms with Gasteiger partial charge in [-0.2, -0.15) is 13.2 Å².